The Morgan fingerprint density at radius 1 is 1.17 bits per heavy atom. The molecule has 0 aliphatic carbocycles. The van der Waals surface area contributed by atoms with Crippen LogP contribution in [0.5, 0.6) is 5.75 Å². The van der Waals surface area contributed by atoms with Crippen LogP contribution >= 0.6 is 11.8 Å². The van der Waals surface area contributed by atoms with Gasteiger partial charge in [0.05, 0.1) is 5.75 Å². The van der Waals surface area contributed by atoms with E-state index in [1.807, 2.05) is 47.0 Å². The van der Waals surface area contributed by atoms with E-state index < -0.39 is 0 Å². The number of aromatic nitrogens is 3. The fraction of sp³-hybridized carbons (Fsp3) is 0.261. The summed E-state index contributed by atoms with van der Waals surface area (Å²) in [4.78, 5) is 12.2. The van der Waals surface area contributed by atoms with Crippen LogP contribution in [-0.2, 0) is 17.9 Å². The van der Waals surface area contributed by atoms with Crippen molar-refractivity contribution >= 4 is 23.4 Å². The SMILES string of the molecule is C=CCn1c(COc2ccc(C(C)C)cc2)nnc1SCC(=O)Nc1ccccc1. The molecule has 3 rings (SSSR count). The number of carbonyl (C=O) groups excluding carboxylic acids is 1. The maximum absolute atomic E-state index is 12.2. The lowest BCUT2D eigenvalue weighted by molar-refractivity contribution is -0.113. The van der Waals surface area contributed by atoms with Gasteiger partial charge in [0, 0.05) is 12.2 Å². The van der Waals surface area contributed by atoms with Gasteiger partial charge in [-0.05, 0) is 35.7 Å². The summed E-state index contributed by atoms with van der Waals surface area (Å²) in [6.45, 7) is 8.96. The molecule has 0 saturated heterocycles. The van der Waals surface area contributed by atoms with Crippen LogP contribution in [0.15, 0.2) is 72.4 Å². The second-order valence-corrected chi connectivity index (χ2v) is 7.96. The van der Waals surface area contributed by atoms with Crippen LogP contribution in [0.1, 0.15) is 31.2 Å². The molecule has 0 atom stereocenters. The van der Waals surface area contributed by atoms with Gasteiger partial charge in [0.2, 0.25) is 5.91 Å². The number of para-hydroxylation sites is 1. The molecule has 1 heterocycles. The lowest BCUT2D eigenvalue weighted by atomic mass is 10.0. The monoisotopic (exact) mass is 422 g/mol. The molecular formula is C23H26N4O2S. The van der Waals surface area contributed by atoms with E-state index in [1.54, 1.807) is 6.08 Å². The van der Waals surface area contributed by atoms with Crippen LogP contribution in [0.2, 0.25) is 0 Å². The summed E-state index contributed by atoms with van der Waals surface area (Å²) in [5.74, 6) is 2.09. The molecule has 0 radical (unpaired) electrons. The van der Waals surface area contributed by atoms with Gasteiger partial charge in [0.1, 0.15) is 12.4 Å². The fourth-order valence-electron chi connectivity index (χ4n) is 2.79. The summed E-state index contributed by atoms with van der Waals surface area (Å²) in [5.41, 5.74) is 2.04. The lowest BCUT2D eigenvalue weighted by Gasteiger charge is -2.10. The zero-order valence-corrected chi connectivity index (χ0v) is 18.1. The first-order valence-electron chi connectivity index (χ1n) is 9.80. The lowest BCUT2D eigenvalue weighted by Crippen LogP contribution is -2.14. The van der Waals surface area contributed by atoms with Gasteiger partial charge >= 0.3 is 0 Å². The average Bonchev–Trinajstić information content (AvgIpc) is 3.13. The van der Waals surface area contributed by atoms with Gasteiger partial charge in [-0.1, -0.05) is 62.0 Å². The maximum atomic E-state index is 12.2. The Hall–Kier alpha value is -3.06. The second kappa shape index (κ2) is 10.6. The zero-order chi connectivity index (χ0) is 21.3. The molecule has 1 amide bonds. The number of nitrogens with one attached hydrogen (secondary N) is 1. The highest BCUT2D eigenvalue weighted by atomic mass is 32.2. The van der Waals surface area contributed by atoms with Gasteiger partial charge in [-0.2, -0.15) is 0 Å². The topological polar surface area (TPSA) is 69.0 Å². The Morgan fingerprint density at radius 2 is 1.90 bits per heavy atom. The van der Waals surface area contributed by atoms with Crippen molar-refractivity contribution in [1.29, 1.82) is 0 Å². The van der Waals surface area contributed by atoms with Gasteiger partial charge in [-0.15, -0.1) is 16.8 Å². The van der Waals surface area contributed by atoms with E-state index in [9.17, 15) is 4.79 Å². The third-order valence-electron chi connectivity index (χ3n) is 4.41. The first kappa shape index (κ1) is 21.6. The molecule has 0 fully saturated rings. The number of hydrogen-bond acceptors (Lipinski definition) is 5. The number of thioether (sulfide) groups is 1. The predicted octanol–water partition coefficient (Wildman–Crippen LogP) is 4.90. The molecule has 0 bridgehead atoms. The summed E-state index contributed by atoms with van der Waals surface area (Å²) in [6, 6.07) is 17.4. The minimum Gasteiger partial charge on any atom is -0.486 e. The Balaban J connectivity index is 1.59. The molecule has 3 aromatic rings. The number of allylic oxidation sites excluding steroid dienone is 1. The smallest absolute Gasteiger partial charge is 0.234 e. The number of ether oxygens (including phenoxy) is 1. The van der Waals surface area contributed by atoms with E-state index in [-0.39, 0.29) is 11.7 Å². The van der Waals surface area contributed by atoms with Gasteiger partial charge in [-0.25, -0.2) is 0 Å². The summed E-state index contributed by atoms with van der Waals surface area (Å²) in [5, 5.41) is 12.0. The zero-order valence-electron chi connectivity index (χ0n) is 17.2. The van der Waals surface area contributed by atoms with Crippen LogP contribution in [0.4, 0.5) is 5.69 Å². The first-order chi connectivity index (χ1) is 14.6. The molecule has 7 heteroatoms. The van der Waals surface area contributed by atoms with Crippen LogP contribution in [0.25, 0.3) is 0 Å². The number of benzene rings is 2. The van der Waals surface area contributed by atoms with E-state index in [1.165, 1.54) is 17.3 Å². The first-order valence-corrected chi connectivity index (χ1v) is 10.8. The van der Waals surface area contributed by atoms with Crippen molar-refractivity contribution in [2.75, 3.05) is 11.1 Å². The quantitative estimate of drug-likeness (QED) is 0.372. The maximum Gasteiger partial charge on any atom is 0.234 e. The second-order valence-electron chi connectivity index (χ2n) is 7.01. The van der Waals surface area contributed by atoms with Gasteiger partial charge in [-0.3, -0.25) is 9.36 Å². The Kier molecular flexibility index (Phi) is 7.68. The van der Waals surface area contributed by atoms with Crippen molar-refractivity contribution in [2.45, 2.75) is 38.1 Å². The van der Waals surface area contributed by atoms with E-state index in [0.29, 0.717) is 30.1 Å². The highest BCUT2D eigenvalue weighted by molar-refractivity contribution is 7.99. The van der Waals surface area contributed by atoms with Crippen LogP contribution in [0.3, 0.4) is 0 Å². The number of carbonyl (C=O) groups is 1. The van der Waals surface area contributed by atoms with Crippen molar-refractivity contribution in [3.05, 3.63) is 78.6 Å². The molecule has 0 unspecified atom stereocenters. The average molecular weight is 423 g/mol. The summed E-state index contributed by atoms with van der Waals surface area (Å²) >= 11 is 1.34. The molecule has 0 aliphatic heterocycles. The number of nitrogens with zero attached hydrogens (tertiary/aromatic N) is 3. The van der Waals surface area contributed by atoms with E-state index >= 15 is 0 Å². The molecule has 30 heavy (non-hydrogen) atoms. The normalized spacial score (nSPS) is 10.8. The van der Waals surface area contributed by atoms with Gasteiger partial charge < -0.3 is 10.1 Å². The molecule has 1 N–H and O–H groups in total. The fourth-order valence-corrected chi connectivity index (χ4v) is 3.56. The highest BCUT2D eigenvalue weighted by Gasteiger charge is 2.14. The minimum absolute atomic E-state index is 0.0950. The van der Waals surface area contributed by atoms with E-state index in [0.717, 1.165) is 11.4 Å². The predicted molar refractivity (Wildman–Crippen MR) is 121 cm³/mol. The van der Waals surface area contributed by atoms with Crippen LogP contribution < -0.4 is 10.1 Å². The summed E-state index contributed by atoms with van der Waals surface area (Å²) in [7, 11) is 0. The molecule has 0 saturated carbocycles. The number of amides is 1. The van der Waals surface area contributed by atoms with Crippen molar-refractivity contribution < 1.29 is 9.53 Å². The third kappa shape index (κ3) is 5.97. The van der Waals surface area contributed by atoms with Gasteiger partial charge in [0.25, 0.3) is 0 Å². The molecular weight excluding hydrogens is 396 g/mol. The van der Waals surface area contributed by atoms with Crippen molar-refractivity contribution in [3.8, 4) is 5.75 Å². The largest absolute Gasteiger partial charge is 0.486 e. The number of anilines is 1. The van der Waals surface area contributed by atoms with Crippen LogP contribution in [-0.4, -0.2) is 26.4 Å². The third-order valence-corrected chi connectivity index (χ3v) is 5.38. The molecule has 1 aromatic heterocycles. The number of hydrogen-bond donors (Lipinski definition) is 1. The Bertz CT molecular complexity index is 969. The van der Waals surface area contributed by atoms with Crippen molar-refractivity contribution in [2.24, 2.45) is 0 Å². The summed E-state index contributed by atoms with van der Waals surface area (Å²) in [6.07, 6.45) is 1.78. The minimum atomic E-state index is -0.0950. The molecule has 0 aliphatic rings. The van der Waals surface area contributed by atoms with Crippen molar-refractivity contribution in [1.82, 2.24) is 14.8 Å². The highest BCUT2D eigenvalue weighted by Crippen LogP contribution is 2.21. The summed E-state index contributed by atoms with van der Waals surface area (Å²) < 4.78 is 7.80. The number of rotatable bonds is 10. The Morgan fingerprint density at radius 3 is 2.57 bits per heavy atom. The van der Waals surface area contributed by atoms with E-state index in [2.05, 4.69) is 48.1 Å². The van der Waals surface area contributed by atoms with Crippen LogP contribution in [0, 0.1) is 0 Å². The van der Waals surface area contributed by atoms with Crippen molar-refractivity contribution in [3.63, 3.8) is 0 Å². The standard InChI is InChI=1S/C23H26N4O2S/c1-4-14-27-21(15-29-20-12-10-18(11-13-20)17(2)3)25-26-23(27)30-16-22(28)24-19-8-6-5-7-9-19/h4-13,17H,1,14-16H2,2-3H3,(H,24,28). The van der Waals surface area contributed by atoms with E-state index in [4.69, 9.17) is 4.74 Å². The van der Waals surface area contributed by atoms with Gasteiger partial charge in [0.15, 0.2) is 11.0 Å². The molecule has 0 spiro atoms. The molecule has 156 valence electrons. The Labute approximate surface area is 181 Å². The molecule has 2 aromatic carbocycles. The molecule has 6 nitrogen and oxygen atoms in total.